The quantitative estimate of drug-likeness (QED) is 0.762. The number of nitrogens with zero attached hydrogens (tertiary/aromatic N) is 2. The Morgan fingerprint density at radius 2 is 1.88 bits per heavy atom. The topological polar surface area (TPSA) is 15.6 Å². The van der Waals surface area contributed by atoms with E-state index in [2.05, 4.69) is 56.0 Å². The van der Waals surface area contributed by atoms with Gasteiger partial charge in [-0.05, 0) is 32.8 Å². The Kier molecular flexibility index (Phi) is 3.63. The van der Waals surface area contributed by atoms with Gasteiger partial charge in [-0.3, -0.25) is 9.89 Å². The summed E-state index contributed by atoms with van der Waals surface area (Å²) in [6, 6.07) is 10.7. The van der Waals surface area contributed by atoms with Gasteiger partial charge in [0.2, 0.25) is 0 Å². The highest BCUT2D eigenvalue weighted by Gasteiger charge is 2.20. The normalized spacial score (nSPS) is 20.1. The Labute approximate surface area is 104 Å². The van der Waals surface area contributed by atoms with E-state index >= 15 is 0 Å². The van der Waals surface area contributed by atoms with Crippen molar-refractivity contribution in [3.63, 3.8) is 0 Å². The standard InChI is InChI=1S/C15H22N2/c1-15(2,3)16-14-9-10-17(12-14)11-13-7-5-4-6-8-13/h4-8H,9-12H2,1-3H3. The molecule has 92 valence electrons. The Bertz CT molecular complexity index is 387. The minimum Gasteiger partial charge on any atom is -0.293 e. The van der Waals surface area contributed by atoms with Crippen molar-refractivity contribution in [2.75, 3.05) is 13.1 Å². The molecule has 0 aliphatic carbocycles. The molecule has 0 saturated carbocycles. The molecule has 0 unspecified atom stereocenters. The Balaban J connectivity index is 1.93. The smallest absolute Gasteiger partial charge is 0.0524 e. The summed E-state index contributed by atoms with van der Waals surface area (Å²) in [7, 11) is 0. The molecular weight excluding hydrogens is 208 g/mol. The molecule has 1 fully saturated rings. The molecule has 1 aliphatic rings. The van der Waals surface area contributed by atoms with Crippen molar-refractivity contribution in [3.8, 4) is 0 Å². The first-order valence-electron chi connectivity index (χ1n) is 6.37. The monoisotopic (exact) mass is 230 g/mol. The van der Waals surface area contributed by atoms with Crippen molar-refractivity contribution in [1.82, 2.24) is 4.90 Å². The van der Waals surface area contributed by atoms with Crippen molar-refractivity contribution >= 4 is 5.71 Å². The summed E-state index contributed by atoms with van der Waals surface area (Å²) in [5, 5.41) is 0. The molecule has 1 aromatic carbocycles. The largest absolute Gasteiger partial charge is 0.293 e. The zero-order chi connectivity index (χ0) is 12.3. The first kappa shape index (κ1) is 12.3. The third-order valence-electron chi connectivity index (χ3n) is 2.87. The van der Waals surface area contributed by atoms with Crippen LogP contribution in [0.3, 0.4) is 0 Å². The molecular formula is C15H22N2. The minimum atomic E-state index is 0.0675. The van der Waals surface area contributed by atoms with Crippen LogP contribution in [-0.4, -0.2) is 29.2 Å². The van der Waals surface area contributed by atoms with Crippen LogP contribution < -0.4 is 0 Å². The van der Waals surface area contributed by atoms with E-state index in [0.717, 1.165) is 26.1 Å². The lowest BCUT2D eigenvalue weighted by atomic mass is 10.1. The van der Waals surface area contributed by atoms with Gasteiger partial charge >= 0.3 is 0 Å². The second-order valence-corrected chi connectivity index (χ2v) is 5.80. The van der Waals surface area contributed by atoms with Crippen molar-refractivity contribution in [3.05, 3.63) is 35.9 Å². The molecule has 0 atom stereocenters. The van der Waals surface area contributed by atoms with Crippen LogP contribution in [-0.2, 0) is 6.54 Å². The molecule has 0 spiro atoms. The molecule has 1 saturated heterocycles. The predicted octanol–water partition coefficient (Wildman–Crippen LogP) is 3.13. The first-order chi connectivity index (χ1) is 8.03. The van der Waals surface area contributed by atoms with E-state index in [1.807, 2.05) is 0 Å². The SMILES string of the molecule is CC(C)(C)N=C1CCN(Cc2ccccc2)C1. The zero-order valence-electron chi connectivity index (χ0n) is 11.1. The number of hydrogen-bond acceptors (Lipinski definition) is 2. The molecule has 0 amide bonds. The van der Waals surface area contributed by atoms with Gasteiger partial charge in [-0.25, -0.2) is 0 Å². The number of rotatable bonds is 2. The van der Waals surface area contributed by atoms with E-state index in [0.29, 0.717) is 0 Å². The Morgan fingerprint density at radius 1 is 1.18 bits per heavy atom. The summed E-state index contributed by atoms with van der Waals surface area (Å²) in [4.78, 5) is 7.25. The van der Waals surface area contributed by atoms with Crippen LogP contribution >= 0.6 is 0 Å². The maximum absolute atomic E-state index is 4.78. The van der Waals surface area contributed by atoms with Crippen LogP contribution in [0.4, 0.5) is 0 Å². The molecule has 1 aromatic rings. The van der Waals surface area contributed by atoms with Gasteiger partial charge in [0.15, 0.2) is 0 Å². The highest BCUT2D eigenvalue weighted by molar-refractivity contribution is 5.88. The van der Waals surface area contributed by atoms with E-state index in [9.17, 15) is 0 Å². The lowest BCUT2D eigenvalue weighted by Crippen LogP contribution is -2.21. The zero-order valence-corrected chi connectivity index (χ0v) is 11.1. The number of likely N-dealkylation sites (tertiary alicyclic amines) is 1. The minimum absolute atomic E-state index is 0.0675. The number of aliphatic imine (C=N–C) groups is 1. The van der Waals surface area contributed by atoms with E-state index in [-0.39, 0.29) is 5.54 Å². The summed E-state index contributed by atoms with van der Waals surface area (Å²) < 4.78 is 0. The predicted molar refractivity (Wildman–Crippen MR) is 73.5 cm³/mol. The molecule has 17 heavy (non-hydrogen) atoms. The average molecular weight is 230 g/mol. The van der Waals surface area contributed by atoms with Crippen LogP contribution in [0.25, 0.3) is 0 Å². The lowest BCUT2D eigenvalue weighted by Gasteiger charge is -2.15. The van der Waals surface area contributed by atoms with Crippen molar-refractivity contribution in [2.45, 2.75) is 39.3 Å². The van der Waals surface area contributed by atoms with E-state index in [4.69, 9.17) is 4.99 Å². The van der Waals surface area contributed by atoms with Crippen LogP contribution in [0.15, 0.2) is 35.3 Å². The van der Waals surface area contributed by atoms with Crippen molar-refractivity contribution < 1.29 is 0 Å². The fraction of sp³-hybridized carbons (Fsp3) is 0.533. The number of benzene rings is 1. The van der Waals surface area contributed by atoms with Crippen LogP contribution in [0, 0.1) is 0 Å². The fourth-order valence-corrected chi connectivity index (χ4v) is 2.25. The van der Waals surface area contributed by atoms with E-state index in [1.54, 1.807) is 0 Å². The first-order valence-corrected chi connectivity index (χ1v) is 6.37. The molecule has 2 nitrogen and oxygen atoms in total. The van der Waals surface area contributed by atoms with Gasteiger partial charge in [-0.1, -0.05) is 30.3 Å². The van der Waals surface area contributed by atoms with Crippen LogP contribution in [0.5, 0.6) is 0 Å². The van der Waals surface area contributed by atoms with Gasteiger partial charge in [0.25, 0.3) is 0 Å². The van der Waals surface area contributed by atoms with E-state index < -0.39 is 0 Å². The van der Waals surface area contributed by atoms with Gasteiger partial charge in [0, 0.05) is 25.3 Å². The second-order valence-electron chi connectivity index (χ2n) is 5.80. The van der Waals surface area contributed by atoms with Crippen LogP contribution in [0.1, 0.15) is 32.8 Å². The van der Waals surface area contributed by atoms with Gasteiger partial charge in [-0.15, -0.1) is 0 Å². The summed E-state index contributed by atoms with van der Waals surface area (Å²) in [6.07, 6.45) is 1.13. The average Bonchev–Trinajstić information content (AvgIpc) is 2.64. The molecule has 1 heterocycles. The molecule has 0 aromatic heterocycles. The summed E-state index contributed by atoms with van der Waals surface area (Å²) in [5.74, 6) is 0. The van der Waals surface area contributed by atoms with Gasteiger partial charge in [0.1, 0.15) is 0 Å². The molecule has 0 bridgehead atoms. The lowest BCUT2D eigenvalue weighted by molar-refractivity contribution is 0.340. The molecule has 2 rings (SSSR count). The Morgan fingerprint density at radius 3 is 2.53 bits per heavy atom. The number of hydrogen-bond donors (Lipinski definition) is 0. The van der Waals surface area contributed by atoms with E-state index in [1.165, 1.54) is 11.3 Å². The van der Waals surface area contributed by atoms with Crippen molar-refractivity contribution in [2.24, 2.45) is 4.99 Å². The second kappa shape index (κ2) is 5.01. The maximum Gasteiger partial charge on any atom is 0.0524 e. The van der Waals surface area contributed by atoms with Gasteiger partial charge in [-0.2, -0.15) is 0 Å². The van der Waals surface area contributed by atoms with Gasteiger partial charge in [0.05, 0.1) is 5.54 Å². The molecule has 0 N–H and O–H groups in total. The molecule has 0 radical (unpaired) electrons. The summed E-state index contributed by atoms with van der Waals surface area (Å²) in [5.41, 5.74) is 2.82. The fourth-order valence-electron chi connectivity index (χ4n) is 2.25. The molecule has 1 aliphatic heterocycles. The van der Waals surface area contributed by atoms with Crippen LogP contribution in [0.2, 0.25) is 0 Å². The maximum atomic E-state index is 4.78. The third kappa shape index (κ3) is 3.97. The van der Waals surface area contributed by atoms with Crippen molar-refractivity contribution in [1.29, 1.82) is 0 Å². The molecule has 2 heteroatoms. The van der Waals surface area contributed by atoms with Gasteiger partial charge < -0.3 is 0 Å². The summed E-state index contributed by atoms with van der Waals surface area (Å²) in [6.45, 7) is 9.72. The third-order valence-corrected chi connectivity index (χ3v) is 2.87. The highest BCUT2D eigenvalue weighted by Crippen LogP contribution is 2.15. The summed E-state index contributed by atoms with van der Waals surface area (Å²) >= 11 is 0. The highest BCUT2D eigenvalue weighted by atomic mass is 15.2. The Hall–Kier alpha value is -1.15.